The number of hydrogen-bond acceptors (Lipinski definition) is 3. The summed E-state index contributed by atoms with van der Waals surface area (Å²) < 4.78 is 46.5. The quantitative estimate of drug-likeness (QED) is 0.585. The predicted molar refractivity (Wildman–Crippen MR) is 69.8 cm³/mol. The van der Waals surface area contributed by atoms with Crippen LogP contribution < -0.4 is 0 Å². The van der Waals surface area contributed by atoms with E-state index >= 15 is 0 Å². The van der Waals surface area contributed by atoms with Gasteiger partial charge >= 0.3 is 12.1 Å². The highest BCUT2D eigenvalue weighted by molar-refractivity contribution is 9.10. The highest BCUT2D eigenvalue weighted by atomic mass is 79.9. The predicted octanol–water partition coefficient (Wildman–Crippen LogP) is 4.56. The van der Waals surface area contributed by atoms with Crippen molar-refractivity contribution in [2.45, 2.75) is 31.9 Å². The van der Waals surface area contributed by atoms with E-state index in [1.54, 1.807) is 0 Å². The van der Waals surface area contributed by atoms with Crippen molar-refractivity contribution in [3.8, 4) is 0 Å². The normalized spacial score (nSPS) is 12.6. The SMILES string of the molecule is C[Si](C)(C)CCOC(=O)c1oc(C(F)(F)F)cc1Br. The van der Waals surface area contributed by atoms with E-state index < -0.39 is 31.7 Å². The Morgan fingerprint density at radius 2 is 2.00 bits per heavy atom. The molecular weight excluding hydrogens is 345 g/mol. The van der Waals surface area contributed by atoms with Crippen LogP contribution in [0.1, 0.15) is 16.3 Å². The molecule has 0 saturated heterocycles. The third kappa shape index (κ3) is 5.02. The number of hydrogen-bond donors (Lipinski definition) is 0. The molecule has 0 unspecified atom stereocenters. The molecule has 0 N–H and O–H groups in total. The van der Waals surface area contributed by atoms with Crippen LogP contribution >= 0.6 is 15.9 Å². The fourth-order valence-electron chi connectivity index (χ4n) is 1.16. The van der Waals surface area contributed by atoms with E-state index in [1.165, 1.54) is 0 Å². The molecular formula is C11H14BrF3O3Si. The molecule has 1 rings (SSSR count). The van der Waals surface area contributed by atoms with E-state index in [9.17, 15) is 18.0 Å². The van der Waals surface area contributed by atoms with Gasteiger partial charge in [0.05, 0.1) is 11.1 Å². The number of furan rings is 1. The maximum Gasteiger partial charge on any atom is 0.449 e. The molecule has 1 heterocycles. The summed E-state index contributed by atoms with van der Waals surface area (Å²) in [6.07, 6.45) is -4.63. The molecule has 19 heavy (non-hydrogen) atoms. The Morgan fingerprint density at radius 1 is 1.42 bits per heavy atom. The number of carbonyl (C=O) groups excluding carboxylic acids is 1. The van der Waals surface area contributed by atoms with Gasteiger partial charge in [0.25, 0.3) is 0 Å². The average Bonchev–Trinajstić information content (AvgIpc) is 2.57. The second kappa shape index (κ2) is 5.70. The second-order valence-electron chi connectivity index (χ2n) is 5.23. The zero-order valence-electron chi connectivity index (χ0n) is 10.7. The zero-order valence-corrected chi connectivity index (χ0v) is 13.3. The fourth-order valence-corrected chi connectivity index (χ4v) is 2.33. The summed E-state index contributed by atoms with van der Waals surface area (Å²) in [5, 5.41) is 0. The Kier molecular flexibility index (Phi) is 4.89. The van der Waals surface area contributed by atoms with Crippen molar-refractivity contribution < 1.29 is 27.1 Å². The summed E-state index contributed by atoms with van der Waals surface area (Å²) in [4.78, 5) is 11.6. The van der Waals surface area contributed by atoms with E-state index in [0.29, 0.717) is 0 Å². The Bertz CT molecular complexity index is 463. The molecule has 108 valence electrons. The van der Waals surface area contributed by atoms with E-state index in [2.05, 4.69) is 40.0 Å². The van der Waals surface area contributed by atoms with Gasteiger partial charge in [0.1, 0.15) is 0 Å². The van der Waals surface area contributed by atoms with E-state index in [-0.39, 0.29) is 11.1 Å². The molecule has 0 atom stereocenters. The summed E-state index contributed by atoms with van der Waals surface area (Å²) in [5.74, 6) is -2.57. The van der Waals surface area contributed by atoms with Crippen LogP contribution in [-0.2, 0) is 10.9 Å². The molecule has 0 radical (unpaired) electrons. The molecule has 8 heteroatoms. The van der Waals surface area contributed by atoms with Crippen molar-refractivity contribution in [1.82, 2.24) is 0 Å². The summed E-state index contributed by atoms with van der Waals surface area (Å²) in [5.41, 5.74) is 0. The summed E-state index contributed by atoms with van der Waals surface area (Å²) in [6, 6.07) is 1.46. The molecule has 3 nitrogen and oxygen atoms in total. The van der Waals surface area contributed by atoms with Crippen LogP contribution in [0.3, 0.4) is 0 Å². The first-order valence-electron chi connectivity index (χ1n) is 5.54. The number of alkyl halides is 3. The molecule has 0 bridgehead atoms. The standard InChI is InChI=1S/C11H14BrF3O3Si/c1-19(2,3)5-4-17-10(16)9-7(12)6-8(18-9)11(13,14)15/h6H,4-5H2,1-3H3. The number of carbonyl (C=O) groups is 1. The van der Waals surface area contributed by atoms with E-state index in [0.717, 1.165) is 12.1 Å². The van der Waals surface area contributed by atoms with Crippen molar-refractivity contribution >= 4 is 30.0 Å². The van der Waals surface area contributed by atoms with E-state index in [4.69, 9.17) is 4.74 Å². The molecule has 0 amide bonds. The van der Waals surface area contributed by atoms with Crippen molar-refractivity contribution in [2.24, 2.45) is 0 Å². The van der Waals surface area contributed by atoms with Crippen LogP contribution in [0.5, 0.6) is 0 Å². The first kappa shape index (κ1) is 16.3. The van der Waals surface area contributed by atoms with Crippen molar-refractivity contribution in [2.75, 3.05) is 6.61 Å². The van der Waals surface area contributed by atoms with Crippen LogP contribution in [0.15, 0.2) is 15.0 Å². The molecule has 1 aromatic rings. The van der Waals surface area contributed by atoms with Gasteiger partial charge in [0.15, 0.2) is 0 Å². The fraction of sp³-hybridized carbons (Fsp3) is 0.545. The van der Waals surface area contributed by atoms with Crippen molar-refractivity contribution in [3.63, 3.8) is 0 Å². The van der Waals surface area contributed by atoms with E-state index in [1.807, 2.05) is 0 Å². The third-order valence-corrected chi connectivity index (χ3v) is 4.53. The third-order valence-electron chi connectivity index (χ3n) is 2.24. The molecule has 0 aromatic carbocycles. The Balaban J connectivity index is 2.70. The maximum absolute atomic E-state index is 12.4. The lowest BCUT2D eigenvalue weighted by Gasteiger charge is -2.14. The average molecular weight is 359 g/mol. The number of ether oxygens (including phenoxy) is 1. The van der Waals surface area contributed by atoms with Crippen LogP contribution in [0.25, 0.3) is 0 Å². The van der Waals surface area contributed by atoms with Crippen LogP contribution in [0.4, 0.5) is 13.2 Å². The topological polar surface area (TPSA) is 39.4 Å². The van der Waals surface area contributed by atoms with Crippen LogP contribution in [0.2, 0.25) is 25.7 Å². The Labute approximate surface area is 118 Å². The molecule has 1 aromatic heterocycles. The molecule has 0 aliphatic carbocycles. The lowest BCUT2D eigenvalue weighted by molar-refractivity contribution is -0.153. The van der Waals surface area contributed by atoms with Crippen LogP contribution in [0, 0.1) is 0 Å². The minimum atomic E-state index is -4.63. The molecule has 0 spiro atoms. The number of halogens is 4. The van der Waals surface area contributed by atoms with Gasteiger partial charge < -0.3 is 9.15 Å². The molecule has 0 aliphatic heterocycles. The minimum absolute atomic E-state index is 0.0576. The second-order valence-corrected chi connectivity index (χ2v) is 11.7. The minimum Gasteiger partial charge on any atom is -0.460 e. The monoisotopic (exact) mass is 358 g/mol. The van der Waals surface area contributed by atoms with Gasteiger partial charge in [0, 0.05) is 14.1 Å². The smallest absolute Gasteiger partial charge is 0.449 e. The van der Waals surface area contributed by atoms with Gasteiger partial charge in [-0.2, -0.15) is 13.2 Å². The Morgan fingerprint density at radius 3 is 2.42 bits per heavy atom. The number of rotatable bonds is 4. The van der Waals surface area contributed by atoms with Gasteiger partial charge in [-0.25, -0.2) is 4.79 Å². The zero-order chi connectivity index (χ0) is 14.8. The van der Waals surface area contributed by atoms with Gasteiger partial charge in [-0.05, 0) is 22.0 Å². The maximum atomic E-state index is 12.4. The summed E-state index contributed by atoms with van der Waals surface area (Å²) >= 11 is 2.86. The molecule has 0 fully saturated rings. The highest BCUT2D eigenvalue weighted by Gasteiger charge is 2.37. The lowest BCUT2D eigenvalue weighted by Crippen LogP contribution is -2.22. The summed E-state index contributed by atoms with van der Waals surface area (Å²) in [6.45, 7) is 6.49. The van der Waals surface area contributed by atoms with Crippen LogP contribution in [-0.4, -0.2) is 20.7 Å². The molecule has 0 aliphatic rings. The first-order chi connectivity index (χ1) is 8.50. The Hall–Kier alpha value is -0.763. The lowest BCUT2D eigenvalue weighted by atomic mass is 10.4. The van der Waals surface area contributed by atoms with Gasteiger partial charge in [-0.1, -0.05) is 19.6 Å². The van der Waals surface area contributed by atoms with Gasteiger partial charge in [-0.3, -0.25) is 0 Å². The van der Waals surface area contributed by atoms with Crippen molar-refractivity contribution in [3.05, 3.63) is 22.1 Å². The van der Waals surface area contributed by atoms with Gasteiger partial charge in [-0.15, -0.1) is 0 Å². The first-order valence-corrected chi connectivity index (χ1v) is 10.0. The molecule has 0 saturated carbocycles. The summed E-state index contributed by atoms with van der Waals surface area (Å²) in [7, 11) is -1.36. The van der Waals surface area contributed by atoms with Gasteiger partial charge in [0.2, 0.25) is 11.5 Å². The number of esters is 1. The largest absolute Gasteiger partial charge is 0.460 e. The highest BCUT2D eigenvalue weighted by Crippen LogP contribution is 2.34. The van der Waals surface area contributed by atoms with Crippen molar-refractivity contribution in [1.29, 1.82) is 0 Å².